The van der Waals surface area contributed by atoms with Gasteiger partial charge in [-0.3, -0.25) is 9.59 Å². The number of aliphatic carboxylic acids is 1. The van der Waals surface area contributed by atoms with E-state index >= 15 is 0 Å². The third-order valence-electron chi connectivity index (χ3n) is 1.98. The maximum atomic E-state index is 11.4. The summed E-state index contributed by atoms with van der Waals surface area (Å²) >= 11 is 1.58. The van der Waals surface area contributed by atoms with Gasteiger partial charge >= 0.3 is 5.97 Å². The number of hydrogen-bond acceptors (Lipinski definition) is 3. The van der Waals surface area contributed by atoms with Gasteiger partial charge in [0.15, 0.2) is 0 Å². The lowest BCUT2D eigenvalue weighted by molar-refractivity contribution is -0.140. The molecule has 0 fully saturated rings. The van der Waals surface area contributed by atoms with Crippen LogP contribution < -0.4 is 0 Å². The Morgan fingerprint density at radius 2 is 2.20 bits per heavy atom. The predicted molar refractivity (Wildman–Crippen MR) is 57.7 cm³/mol. The standard InChI is InChI=1S/C10H13NO3S/c1-11(6-8-4-5-15-7-8)9(12)2-3-10(13)14/h4-5,7H,2-3,6H2,1H3,(H,13,14). The quantitative estimate of drug-likeness (QED) is 0.830. The lowest BCUT2D eigenvalue weighted by Crippen LogP contribution is -2.26. The maximum absolute atomic E-state index is 11.4. The van der Waals surface area contributed by atoms with Crippen molar-refractivity contribution in [3.63, 3.8) is 0 Å². The maximum Gasteiger partial charge on any atom is 0.303 e. The van der Waals surface area contributed by atoms with E-state index in [1.807, 2.05) is 16.8 Å². The monoisotopic (exact) mass is 227 g/mol. The van der Waals surface area contributed by atoms with Crippen LogP contribution >= 0.6 is 11.3 Å². The third kappa shape index (κ3) is 4.12. The molecule has 15 heavy (non-hydrogen) atoms. The molecule has 1 heterocycles. The average Bonchev–Trinajstić information content (AvgIpc) is 2.66. The first-order valence-electron chi connectivity index (χ1n) is 4.56. The Morgan fingerprint density at radius 3 is 2.73 bits per heavy atom. The van der Waals surface area contributed by atoms with E-state index in [-0.39, 0.29) is 18.7 Å². The van der Waals surface area contributed by atoms with E-state index in [2.05, 4.69) is 0 Å². The van der Waals surface area contributed by atoms with E-state index in [4.69, 9.17) is 5.11 Å². The molecule has 1 aromatic rings. The zero-order chi connectivity index (χ0) is 11.3. The van der Waals surface area contributed by atoms with Crippen molar-refractivity contribution >= 4 is 23.2 Å². The molecule has 0 spiro atoms. The Labute approximate surface area is 92.1 Å². The molecule has 0 bridgehead atoms. The highest BCUT2D eigenvalue weighted by Crippen LogP contribution is 2.09. The normalized spacial score (nSPS) is 9.93. The van der Waals surface area contributed by atoms with Crippen molar-refractivity contribution in [3.8, 4) is 0 Å². The van der Waals surface area contributed by atoms with Crippen molar-refractivity contribution < 1.29 is 14.7 Å². The van der Waals surface area contributed by atoms with Crippen molar-refractivity contribution in [3.05, 3.63) is 22.4 Å². The second-order valence-corrected chi connectivity index (χ2v) is 4.06. The summed E-state index contributed by atoms with van der Waals surface area (Å²) in [7, 11) is 1.68. The van der Waals surface area contributed by atoms with Gasteiger partial charge in [-0.1, -0.05) is 0 Å². The molecule has 0 aromatic carbocycles. The second kappa shape index (κ2) is 5.50. The van der Waals surface area contributed by atoms with Crippen molar-refractivity contribution in [2.45, 2.75) is 19.4 Å². The summed E-state index contributed by atoms with van der Waals surface area (Å²) < 4.78 is 0. The third-order valence-corrected chi connectivity index (χ3v) is 2.71. The Balaban J connectivity index is 2.36. The molecule has 0 saturated heterocycles. The molecule has 0 radical (unpaired) electrons. The molecule has 0 unspecified atom stereocenters. The first-order valence-corrected chi connectivity index (χ1v) is 5.50. The summed E-state index contributed by atoms with van der Waals surface area (Å²) in [5.74, 6) is -1.07. The van der Waals surface area contributed by atoms with Crippen LogP contribution in [0.1, 0.15) is 18.4 Å². The first-order chi connectivity index (χ1) is 7.09. The van der Waals surface area contributed by atoms with Crippen LogP contribution in [-0.2, 0) is 16.1 Å². The number of rotatable bonds is 5. The molecule has 1 N–H and O–H groups in total. The number of carbonyl (C=O) groups excluding carboxylic acids is 1. The van der Waals surface area contributed by atoms with Gasteiger partial charge < -0.3 is 10.0 Å². The van der Waals surface area contributed by atoms with Crippen molar-refractivity contribution in [2.24, 2.45) is 0 Å². The lowest BCUT2D eigenvalue weighted by Gasteiger charge is -2.15. The number of carboxylic acids is 1. The fourth-order valence-corrected chi connectivity index (χ4v) is 1.81. The van der Waals surface area contributed by atoms with Crippen LogP contribution in [0.15, 0.2) is 16.8 Å². The summed E-state index contributed by atoms with van der Waals surface area (Å²) in [6.45, 7) is 0.544. The topological polar surface area (TPSA) is 57.6 Å². The molecule has 1 rings (SSSR count). The van der Waals surface area contributed by atoms with Gasteiger partial charge in [0.25, 0.3) is 0 Å². The number of carboxylic acid groups (broad SMARTS) is 1. The molecular weight excluding hydrogens is 214 g/mol. The molecule has 82 valence electrons. The summed E-state index contributed by atoms with van der Waals surface area (Å²) in [5, 5.41) is 12.4. The van der Waals surface area contributed by atoms with Crippen molar-refractivity contribution in [1.29, 1.82) is 0 Å². The number of hydrogen-bond donors (Lipinski definition) is 1. The predicted octanol–water partition coefficient (Wildman–Crippen LogP) is 1.57. The SMILES string of the molecule is CN(Cc1ccsc1)C(=O)CCC(=O)O. The molecule has 0 aliphatic carbocycles. The number of nitrogens with zero attached hydrogens (tertiary/aromatic N) is 1. The fraction of sp³-hybridized carbons (Fsp3) is 0.400. The molecule has 4 nitrogen and oxygen atoms in total. The summed E-state index contributed by atoms with van der Waals surface area (Å²) in [6.07, 6.45) is -0.0389. The summed E-state index contributed by atoms with van der Waals surface area (Å²) in [5.41, 5.74) is 1.08. The van der Waals surface area contributed by atoms with Gasteiger partial charge in [0.2, 0.25) is 5.91 Å². The van der Waals surface area contributed by atoms with Crippen LogP contribution in [-0.4, -0.2) is 28.9 Å². The second-order valence-electron chi connectivity index (χ2n) is 3.28. The first kappa shape index (κ1) is 11.7. The highest BCUT2D eigenvalue weighted by atomic mass is 32.1. The zero-order valence-corrected chi connectivity index (χ0v) is 9.29. The van der Waals surface area contributed by atoms with Crippen LogP contribution in [0.5, 0.6) is 0 Å². The highest BCUT2D eigenvalue weighted by Gasteiger charge is 2.10. The minimum Gasteiger partial charge on any atom is -0.481 e. The molecule has 1 amide bonds. The smallest absolute Gasteiger partial charge is 0.303 e. The van der Waals surface area contributed by atoms with Crippen LogP contribution in [0.25, 0.3) is 0 Å². The van der Waals surface area contributed by atoms with Crippen LogP contribution in [0.2, 0.25) is 0 Å². The van der Waals surface area contributed by atoms with Gasteiger partial charge in [-0.15, -0.1) is 0 Å². The van der Waals surface area contributed by atoms with Crippen LogP contribution in [0, 0.1) is 0 Å². The molecule has 0 saturated carbocycles. The highest BCUT2D eigenvalue weighted by molar-refractivity contribution is 7.07. The number of thiophene rings is 1. The molecule has 0 aliphatic rings. The molecule has 1 aromatic heterocycles. The van der Waals surface area contributed by atoms with E-state index in [1.165, 1.54) is 0 Å². The summed E-state index contributed by atoms with van der Waals surface area (Å²) in [6, 6.07) is 1.95. The van der Waals surface area contributed by atoms with E-state index in [0.29, 0.717) is 6.54 Å². The lowest BCUT2D eigenvalue weighted by atomic mass is 10.2. The van der Waals surface area contributed by atoms with Crippen molar-refractivity contribution in [2.75, 3.05) is 7.05 Å². The van der Waals surface area contributed by atoms with Gasteiger partial charge in [0.05, 0.1) is 6.42 Å². The van der Waals surface area contributed by atoms with Gasteiger partial charge in [-0.25, -0.2) is 0 Å². The van der Waals surface area contributed by atoms with Crippen molar-refractivity contribution in [1.82, 2.24) is 4.90 Å². The van der Waals surface area contributed by atoms with Crippen LogP contribution in [0.4, 0.5) is 0 Å². The summed E-state index contributed by atoms with van der Waals surface area (Å²) in [4.78, 5) is 23.3. The Morgan fingerprint density at radius 1 is 1.47 bits per heavy atom. The Hall–Kier alpha value is -1.36. The molecule has 0 atom stereocenters. The zero-order valence-electron chi connectivity index (χ0n) is 8.47. The fourth-order valence-electron chi connectivity index (χ4n) is 1.15. The number of amides is 1. The molecule has 5 heteroatoms. The van der Waals surface area contributed by atoms with Gasteiger partial charge in [-0.2, -0.15) is 11.3 Å². The largest absolute Gasteiger partial charge is 0.481 e. The minimum absolute atomic E-state index is 0.0654. The number of carbonyl (C=O) groups is 2. The minimum atomic E-state index is -0.938. The molecular formula is C10H13NO3S. The Kier molecular flexibility index (Phi) is 4.30. The van der Waals surface area contributed by atoms with E-state index in [1.54, 1.807) is 23.3 Å². The Bertz CT molecular complexity index is 334. The van der Waals surface area contributed by atoms with Gasteiger partial charge in [0.1, 0.15) is 0 Å². The van der Waals surface area contributed by atoms with E-state index in [0.717, 1.165) is 5.56 Å². The van der Waals surface area contributed by atoms with Gasteiger partial charge in [-0.05, 0) is 22.4 Å². The van der Waals surface area contributed by atoms with Gasteiger partial charge in [0, 0.05) is 20.0 Å². The molecule has 0 aliphatic heterocycles. The van der Waals surface area contributed by atoms with Crippen LogP contribution in [0.3, 0.4) is 0 Å². The van der Waals surface area contributed by atoms with E-state index < -0.39 is 5.97 Å². The average molecular weight is 227 g/mol. The van der Waals surface area contributed by atoms with E-state index in [9.17, 15) is 9.59 Å².